The number of hydrogen-bond acceptors (Lipinski definition) is 4. The van der Waals surface area contributed by atoms with E-state index in [4.69, 9.17) is 0 Å². The molecule has 1 N–H and O–H groups in total. The van der Waals surface area contributed by atoms with Gasteiger partial charge in [-0.3, -0.25) is 4.57 Å². The van der Waals surface area contributed by atoms with E-state index in [2.05, 4.69) is 24.1 Å². The van der Waals surface area contributed by atoms with E-state index in [-0.39, 0.29) is 11.7 Å². The van der Waals surface area contributed by atoms with Crippen LogP contribution in [-0.2, 0) is 7.05 Å². The van der Waals surface area contributed by atoms with Gasteiger partial charge in [0.05, 0.1) is 0 Å². The smallest absolute Gasteiger partial charge is 0.355 e. The van der Waals surface area contributed by atoms with Gasteiger partial charge in [0, 0.05) is 20.1 Å². The zero-order chi connectivity index (χ0) is 14.2. The highest BCUT2D eigenvalue weighted by molar-refractivity contribution is 5.21. The van der Waals surface area contributed by atoms with Crippen molar-refractivity contribution >= 4 is 5.95 Å². The first-order chi connectivity index (χ1) is 8.95. The van der Waals surface area contributed by atoms with E-state index in [1.807, 2.05) is 0 Å². The van der Waals surface area contributed by atoms with Crippen LogP contribution in [0.4, 0.5) is 5.95 Å². The monoisotopic (exact) mass is 266 g/mol. The normalized spacial score (nSPS) is 27.3. The fraction of sp³-hybridized carbons (Fsp3) is 0.769. The maximum absolute atomic E-state index is 12.3. The van der Waals surface area contributed by atoms with Crippen molar-refractivity contribution in [2.45, 2.75) is 39.2 Å². The number of nitrogens with zero attached hydrogens (tertiary/aromatic N) is 3. The average Bonchev–Trinajstić information content (AvgIpc) is 2.36. The molecule has 3 unspecified atom stereocenters. The second-order valence-electron chi connectivity index (χ2n) is 5.64. The van der Waals surface area contributed by atoms with Crippen molar-refractivity contribution in [1.29, 1.82) is 0 Å². The van der Waals surface area contributed by atoms with Crippen LogP contribution in [-0.4, -0.2) is 21.2 Å². The Morgan fingerprint density at radius 1 is 1.26 bits per heavy atom. The van der Waals surface area contributed by atoms with E-state index in [1.165, 1.54) is 9.13 Å². The van der Waals surface area contributed by atoms with Crippen LogP contribution in [0, 0.1) is 11.8 Å². The van der Waals surface area contributed by atoms with Crippen LogP contribution < -0.4 is 16.7 Å². The van der Waals surface area contributed by atoms with Crippen molar-refractivity contribution < 1.29 is 0 Å². The fourth-order valence-electron chi connectivity index (χ4n) is 3.09. The molecule has 6 nitrogen and oxygen atoms in total. The molecule has 2 rings (SSSR count). The summed E-state index contributed by atoms with van der Waals surface area (Å²) in [7, 11) is 3.28. The first-order valence-corrected chi connectivity index (χ1v) is 6.83. The van der Waals surface area contributed by atoms with Gasteiger partial charge in [0.15, 0.2) is 0 Å². The third-order valence-electron chi connectivity index (χ3n) is 4.16. The lowest BCUT2D eigenvalue weighted by atomic mass is 9.80. The van der Waals surface area contributed by atoms with Crippen molar-refractivity contribution in [2.24, 2.45) is 18.9 Å². The van der Waals surface area contributed by atoms with Crippen LogP contribution in [0.15, 0.2) is 9.59 Å². The molecule has 1 aromatic heterocycles. The van der Waals surface area contributed by atoms with E-state index in [0.29, 0.717) is 17.8 Å². The molecule has 0 bridgehead atoms. The van der Waals surface area contributed by atoms with Crippen LogP contribution in [0.1, 0.15) is 39.2 Å². The molecule has 0 aliphatic heterocycles. The minimum atomic E-state index is -0.446. The van der Waals surface area contributed by atoms with Gasteiger partial charge in [-0.2, -0.15) is 4.98 Å². The second-order valence-corrected chi connectivity index (χ2v) is 5.64. The van der Waals surface area contributed by atoms with Crippen LogP contribution >= 0.6 is 0 Å². The molecule has 1 aromatic rings. The lowest BCUT2D eigenvalue weighted by Crippen LogP contribution is -2.46. The highest BCUT2D eigenvalue weighted by Gasteiger charge is 2.29. The molecule has 0 amide bonds. The van der Waals surface area contributed by atoms with Crippen LogP contribution in [0.2, 0.25) is 0 Å². The summed E-state index contributed by atoms with van der Waals surface area (Å²) in [6.45, 7) is 4.33. The van der Waals surface area contributed by atoms with Gasteiger partial charge < -0.3 is 5.32 Å². The van der Waals surface area contributed by atoms with Crippen LogP contribution in [0.25, 0.3) is 0 Å². The molecule has 106 valence electrons. The Bertz CT molecular complexity index is 575. The van der Waals surface area contributed by atoms with Crippen molar-refractivity contribution in [3.8, 4) is 0 Å². The molecule has 0 aromatic carbocycles. The van der Waals surface area contributed by atoms with E-state index >= 15 is 0 Å². The first-order valence-electron chi connectivity index (χ1n) is 6.83. The van der Waals surface area contributed by atoms with Crippen molar-refractivity contribution in [3.05, 3.63) is 21.0 Å². The predicted molar refractivity (Wildman–Crippen MR) is 74.5 cm³/mol. The maximum atomic E-state index is 12.3. The van der Waals surface area contributed by atoms with Gasteiger partial charge >= 0.3 is 11.4 Å². The number of hydrogen-bond donors (Lipinski definition) is 1. The number of nitrogens with one attached hydrogen (secondary N) is 1. The first kappa shape index (κ1) is 13.8. The van der Waals surface area contributed by atoms with Gasteiger partial charge in [0.2, 0.25) is 5.95 Å². The fourth-order valence-corrected chi connectivity index (χ4v) is 3.09. The Kier molecular flexibility index (Phi) is 3.78. The molecular formula is C13H22N4O2. The predicted octanol–water partition coefficient (Wildman–Crippen LogP) is 0.981. The van der Waals surface area contributed by atoms with Crippen LogP contribution in [0.5, 0.6) is 0 Å². The van der Waals surface area contributed by atoms with Gasteiger partial charge in [-0.25, -0.2) is 14.2 Å². The van der Waals surface area contributed by atoms with Gasteiger partial charge in [-0.15, -0.1) is 0 Å². The summed E-state index contributed by atoms with van der Waals surface area (Å²) >= 11 is 0. The van der Waals surface area contributed by atoms with E-state index in [0.717, 1.165) is 19.3 Å². The van der Waals surface area contributed by atoms with Gasteiger partial charge in [0.25, 0.3) is 0 Å². The molecule has 1 heterocycles. The Morgan fingerprint density at radius 3 is 2.53 bits per heavy atom. The lowest BCUT2D eigenvalue weighted by molar-refractivity contribution is 0.195. The molecule has 0 saturated heterocycles. The molecule has 3 atom stereocenters. The highest BCUT2D eigenvalue weighted by Crippen LogP contribution is 2.35. The molecule has 1 saturated carbocycles. The topological polar surface area (TPSA) is 68.9 Å². The summed E-state index contributed by atoms with van der Waals surface area (Å²) in [4.78, 5) is 28.4. The summed E-state index contributed by atoms with van der Waals surface area (Å²) in [5, 5.41) is 2.76. The lowest BCUT2D eigenvalue weighted by Gasteiger charge is -2.33. The molecule has 1 fully saturated rings. The van der Waals surface area contributed by atoms with Gasteiger partial charge in [-0.05, 0) is 31.1 Å². The Balaban J connectivity index is 2.49. The van der Waals surface area contributed by atoms with Crippen molar-refractivity contribution in [1.82, 2.24) is 14.1 Å². The third kappa shape index (κ3) is 2.43. The number of anilines is 1. The molecule has 0 radical (unpaired) electrons. The number of rotatable bonds is 2. The standard InChI is InChI=1S/C13H22N4O2/c1-8-5-6-10(9(2)7-8)17-12(18)15-11(14-3)16(4)13(17)19/h8-10H,5-7H2,1-4H3,(H,14,15,18). The van der Waals surface area contributed by atoms with E-state index < -0.39 is 5.69 Å². The molecule has 1 aliphatic carbocycles. The Labute approximate surface area is 112 Å². The summed E-state index contributed by atoms with van der Waals surface area (Å²) in [6, 6.07) is -0.0270. The van der Waals surface area contributed by atoms with Crippen molar-refractivity contribution in [3.63, 3.8) is 0 Å². The third-order valence-corrected chi connectivity index (χ3v) is 4.16. The van der Waals surface area contributed by atoms with Gasteiger partial charge in [0.1, 0.15) is 0 Å². The highest BCUT2D eigenvalue weighted by atomic mass is 16.2. The Morgan fingerprint density at radius 2 is 1.95 bits per heavy atom. The van der Waals surface area contributed by atoms with Crippen LogP contribution in [0.3, 0.4) is 0 Å². The zero-order valence-electron chi connectivity index (χ0n) is 12.0. The summed E-state index contributed by atoms with van der Waals surface area (Å²) in [6.07, 6.45) is 2.98. The number of aromatic nitrogens is 3. The van der Waals surface area contributed by atoms with Gasteiger partial charge in [-0.1, -0.05) is 13.8 Å². The second kappa shape index (κ2) is 5.19. The SMILES string of the molecule is CNc1nc(=O)n(C2CCC(C)CC2C)c(=O)n1C. The molecule has 6 heteroatoms. The minimum absolute atomic E-state index is 0.0270. The Hall–Kier alpha value is -1.59. The molecule has 1 aliphatic rings. The molecular weight excluding hydrogens is 244 g/mol. The molecule has 0 spiro atoms. The summed E-state index contributed by atoms with van der Waals surface area (Å²) in [5.41, 5.74) is -0.727. The summed E-state index contributed by atoms with van der Waals surface area (Å²) < 4.78 is 2.73. The molecule has 19 heavy (non-hydrogen) atoms. The maximum Gasteiger partial charge on any atom is 0.355 e. The quantitative estimate of drug-likeness (QED) is 0.866. The van der Waals surface area contributed by atoms with E-state index in [9.17, 15) is 9.59 Å². The largest absolute Gasteiger partial charge is 0.358 e. The summed E-state index contributed by atoms with van der Waals surface area (Å²) in [5.74, 6) is 1.30. The zero-order valence-corrected chi connectivity index (χ0v) is 12.0. The van der Waals surface area contributed by atoms with Crippen molar-refractivity contribution in [2.75, 3.05) is 12.4 Å². The average molecular weight is 266 g/mol. The minimum Gasteiger partial charge on any atom is -0.358 e. The van der Waals surface area contributed by atoms with E-state index in [1.54, 1.807) is 14.1 Å².